The van der Waals surface area contributed by atoms with Crippen LogP contribution in [0.5, 0.6) is 0 Å². The van der Waals surface area contributed by atoms with Crippen molar-refractivity contribution >= 4 is 35.0 Å². The number of amides is 3. The number of hydrogen-bond donors (Lipinski definition) is 2. The van der Waals surface area contributed by atoms with Gasteiger partial charge in [0.2, 0.25) is 5.91 Å². The van der Waals surface area contributed by atoms with E-state index in [1.54, 1.807) is 29.2 Å². The SMILES string of the molecule is CC(=O)Nc1cccc(C(=O)N[C@@H](CCN2CC3=CN(C(=O)c4c(F)cccc4Cl)CC3C2)c2ccccc2)c1. The molecule has 1 unspecified atom stereocenters. The van der Waals surface area contributed by atoms with Crippen molar-refractivity contribution in [3.8, 4) is 0 Å². The Kier molecular flexibility index (Phi) is 8.28. The van der Waals surface area contributed by atoms with Gasteiger partial charge in [0.05, 0.1) is 16.6 Å². The van der Waals surface area contributed by atoms with E-state index in [-0.39, 0.29) is 34.4 Å². The van der Waals surface area contributed by atoms with Crippen LogP contribution in [0.2, 0.25) is 5.02 Å². The summed E-state index contributed by atoms with van der Waals surface area (Å²) >= 11 is 6.11. The van der Waals surface area contributed by atoms with Gasteiger partial charge in [0.25, 0.3) is 11.8 Å². The van der Waals surface area contributed by atoms with E-state index in [1.165, 1.54) is 25.1 Å². The van der Waals surface area contributed by atoms with Gasteiger partial charge in [-0.3, -0.25) is 19.3 Å². The maximum absolute atomic E-state index is 14.3. The topological polar surface area (TPSA) is 81.8 Å². The predicted octanol–water partition coefficient (Wildman–Crippen LogP) is 5.27. The van der Waals surface area contributed by atoms with E-state index in [0.717, 1.165) is 24.2 Å². The maximum atomic E-state index is 14.3. The van der Waals surface area contributed by atoms with E-state index in [2.05, 4.69) is 15.5 Å². The van der Waals surface area contributed by atoms with E-state index < -0.39 is 11.7 Å². The highest BCUT2D eigenvalue weighted by Crippen LogP contribution is 2.32. The van der Waals surface area contributed by atoms with Crippen LogP contribution in [0.3, 0.4) is 0 Å². The largest absolute Gasteiger partial charge is 0.345 e. The van der Waals surface area contributed by atoms with Crippen LogP contribution in [0.1, 0.15) is 45.7 Å². The van der Waals surface area contributed by atoms with Crippen LogP contribution in [-0.2, 0) is 4.79 Å². The van der Waals surface area contributed by atoms with Crippen LogP contribution in [0.25, 0.3) is 0 Å². The zero-order chi connectivity index (χ0) is 28.2. The number of nitrogens with one attached hydrogen (secondary N) is 2. The number of benzene rings is 3. The number of nitrogens with zero attached hydrogens (tertiary/aromatic N) is 2. The molecule has 3 amide bonds. The van der Waals surface area contributed by atoms with Crippen molar-refractivity contribution in [2.24, 2.45) is 5.92 Å². The predicted molar refractivity (Wildman–Crippen MR) is 152 cm³/mol. The molecule has 2 aliphatic heterocycles. The van der Waals surface area contributed by atoms with Crippen LogP contribution in [0, 0.1) is 11.7 Å². The van der Waals surface area contributed by atoms with Gasteiger partial charge in [-0.25, -0.2) is 4.39 Å². The summed E-state index contributed by atoms with van der Waals surface area (Å²) in [6, 6.07) is 20.7. The Balaban J connectivity index is 1.23. The lowest BCUT2D eigenvalue weighted by atomic mass is 10.0. The fourth-order valence-corrected chi connectivity index (χ4v) is 5.60. The zero-order valence-electron chi connectivity index (χ0n) is 22.1. The second kappa shape index (κ2) is 12.0. The van der Waals surface area contributed by atoms with Gasteiger partial charge in [-0.15, -0.1) is 0 Å². The number of halogens is 2. The Hall–Kier alpha value is -4.01. The van der Waals surface area contributed by atoms with Gasteiger partial charge in [0.15, 0.2) is 0 Å². The Morgan fingerprint density at radius 3 is 2.52 bits per heavy atom. The normalized spacial score (nSPS) is 17.2. The van der Waals surface area contributed by atoms with Crippen molar-refractivity contribution in [1.29, 1.82) is 0 Å². The molecular weight excluding hydrogens is 531 g/mol. The minimum absolute atomic E-state index is 0.0955. The second-order valence-corrected chi connectivity index (χ2v) is 10.6. The van der Waals surface area contributed by atoms with Crippen molar-refractivity contribution in [2.75, 3.05) is 31.5 Å². The molecule has 2 heterocycles. The number of likely N-dealkylation sites (tertiary alicyclic amines) is 1. The molecule has 0 aromatic heterocycles. The lowest BCUT2D eigenvalue weighted by molar-refractivity contribution is -0.114. The molecule has 2 atom stereocenters. The summed E-state index contributed by atoms with van der Waals surface area (Å²) in [7, 11) is 0. The minimum Gasteiger partial charge on any atom is -0.345 e. The molecule has 2 N–H and O–H groups in total. The van der Waals surface area contributed by atoms with Crippen LogP contribution in [0.4, 0.5) is 10.1 Å². The smallest absolute Gasteiger partial charge is 0.262 e. The third-order valence-corrected chi connectivity index (χ3v) is 7.59. The quantitative estimate of drug-likeness (QED) is 0.393. The van der Waals surface area contributed by atoms with E-state index in [0.29, 0.717) is 30.8 Å². The first-order chi connectivity index (χ1) is 19.3. The standard InChI is InChI=1S/C31H30ClFN4O3/c1-20(38)34-25-10-5-9-22(15-25)30(39)35-28(21-7-3-2-4-8-21)13-14-36-16-23-18-37(19-24(23)17-36)31(40)29-26(32)11-6-12-27(29)33/h2-12,15,18,24,28H,13-14,16-17,19H2,1H3,(H,34,38)(H,35,39)/t24?,28-/m0/s1. The molecule has 0 aliphatic carbocycles. The summed E-state index contributed by atoms with van der Waals surface area (Å²) in [6.45, 7) is 4.13. The molecule has 2 aliphatic rings. The highest BCUT2D eigenvalue weighted by molar-refractivity contribution is 6.33. The van der Waals surface area contributed by atoms with Gasteiger partial charge in [-0.05, 0) is 47.9 Å². The van der Waals surface area contributed by atoms with Crippen LogP contribution < -0.4 is 10.6 Å². The monoisotopic (exact) mass is 560 g/mol. The molecule has 0 bridgehead atoms. The van der Waals surface area contributed by atoms with Gasteiger partial charge >= 0.3 is 0 Å². The average Bonchev–Trinajstić information content (AvgIpc) is 3.50. The number of rotatable bonds is 8. The Morgan fingerprint density at radius 2 is 1.80 bits per heavy atom. The Labute approximate surface area is 237 Å². The number of carbonyl (C=O) groups excluding carboxylic acids is 3. The van der Waals surface area contributed by atoms with E-state index >= 15 is 0 Å². The van der Waals surface area contributed by atoms with Crippen molar-refractivity contribution in [3.63, 3.8) is 0 Å². The first kappa shape index (κ1) is 27.6. The average molecular weight is 561 g/mol. The zero-order valence-corrected chi connectivity index (χ0v) is 22.8. The molecule has 0 spiro atoms. The maximum Gasteiger partial charge on any atom is 0.262 e. The van der Waals surface area contributed by atoms with E-state index in [1.807, 2.05) is 36.5 Å². The fourth-order valence-electron chi connectivity index (χ4n) is 5.35. The lowest BCUT2D eigenvalue weighted by Crippen LogP contribution is -2.33. The summed E-state index contributed by atoms with van der Waals surface area (Å²) in [6.07, 6.45) is 2.52. The van der Waals surface area contributed by atoms with Crippen LogP contribution in [-0.4, -0.2) is 53.7 Å². The molecule has 3 aromatic carbocycles. The number of hydrogen-bond acceptors (Lipinski definition) is 4. The molecule has 1 saturated heterocycles. The lowest BCUT2D eigenvalue weighted by Gasteiger charge is -2.24. The molecule has 40 heavy (non-hydrogen) atoms. The molecule has 0 saturated carbocycles. The van der Waals surface area contributed by atoms with E-state index in [4.69, 9.17) is 11.6 Å². The van der Waals surface area contributed by atoms with Gasteiger partial charge in [0, 0.05) is 56.5 Å². The highest BCUT2D eigenvalue weighted by atomic mass is 35.5. The first-order valence-electron chi connectivity index (χ1n) is 13.2. The van der Waals surface area contributed by atoms with Crippen LogP contribution in [0.15, 0.2) is 84.6 Å². The van der Waals surface area contributed by atoms with Gasteiger partial charge in [0.1, 0.15) is 5.82 Å². The van der Waals surface area contributed by atoms with Crippen molar-refractivity contribution in [1.82, 2.24) is 15.1 Å². The second-order valence-electron chi connectivity index (χ2n) is 10.2. The number of fused-ring (bicyclic) bond motifs is 1. The molecule has 1 fully saturated rings. The van der Waals surface area contributed by atoms with Gasteiger partial charge < -0.3 is 15.5 Å². The molecule has 206 valence electrons. The molecule has 9 heteroatoms. The summed E-state index contributed by atoms with van der Waals surface area (Å²) in [5.41, 5.74) is 3.08. The van der Waals surface area contributed by atoms with Gasteiger partial charge in [-0.1, -0.05) is 54.1 Å². The summed E-state index contributed by atoms with van der Waals surface area (Å²) in [5, 5.41) is 5.98. The molecule has 3 aromatic rings. The van der Waals surface area contributed by atoms with Crippen molar-refractivity contribution in [3.05, 3.63) is 112 Å². The first-order valence-corrected chi connectivity index (χ1v) is 13.6. The molecule has 0 radical (unpaired) electrons. The summed E-state index contributed by atoms with van der Waals surface area (Å²) in [5.74, 6) is -1.29. The van der Waals surface area contributed by atoms with Crippen molar-refractivity contribution < 1.29 is 18.8 Å². The molecule has 5 rings (SSSR count). The highest BCUT2D eigenvalue weighted by Gasteiger charge is 2.36. The third-order valence-electron chi connectivity index (χ3n) is 7.27. The molecule has 7 nitrogen and oxygen atoms in total. The number of carbonyl (C=O) groups is 3. The molecular formula is C31H30ClFN4O3. The summed E-state index contributed by atoms with van der Waals surface area (Å²) < 4.78 is 14.3. The van der Waals surface area contributed by atoms with Gasteiger partial charge in [-0.2, -0.15) is 0 Å². The minimum atomic E-state index is -0.620. The van der Waals surface area contributed by atoms with Crippen LogP contribution >= 0.6 is 11.6 Å². The van der Waals surface area contributed by atoms with Crippen molar-refractivity contribution in [2.45, 2.75) is 19.4 Å². The summed E-state index contributed by atoms with van der Waals surface area (Å²) in [4.78, 5) is 41.4. The Morgan fingerprint density at radius 1 is 1.02 bits per heavy atom. The Bertz CT molecular complexity index is 1440. The fraction of sp³-hybridized carbons (Fsp3) is 0.258. The third kappa shape index (κ3) is 6.24. The van der Waals surface area contributed by atoms with E-state index in [9.17, 15) is 18.8 Å². The number of anilines is 1.